The van der Waals surface area contributed by atoms with Gasteiger partial charge >= 0.3 is 5.97 Å². The van der Waals surface area contributed by atoms with Gasteiger partial charge in [0.25, 0.3) is 11.8 Å². The first kappa shape index (κ1) is 15.4. The zero-order chi connectivity index (χ0) is 17.1. The van der Waals surface area contributed by atoms with Crippen molar-refractivity contribution in [2.24, 2.45) is 0 Å². The van der Waals surface area contributed by atoms with Crippen molar-refractivity contribution >= 4 is 5.97 Å². The number of carbonyl (C=O) groups is 1. The van der Waals surface area contributed by atoms with Crippen molar-refractivity contribution in [3.8, 4) is 17.4 Å². The molecule has 1 aliphatic carbocycles. The van der Waals surface area contributed by atoms with E-state index in [0.717, 1.165) is 12.8 Å². The standard InChI is InChI=1S/C18H16N2O5/c21-17(11-23-14-7-6-12-3-1-4-13(12)9-14)24-10-16-19-20-18(25-16)15-5-2-8-22-15/h2,5-9H,1,3-4,10-11H2. The van der Waals surface area contributed by atoms with E-state index in [4.69, 9.17) is 18.3 Å². The maximum Gasteiger partial charge on any atom is 0.344 e. The first-order valence-corrected chi connectivity index (χ1v) is 8.04. The average Bonchev–Trinajstić information content (AvgIpc) is 3.38. The number of rotatable bonds is 6. The van der Waals surface area contributed by atoms with E-state index in [1.54, 1.807) is 12.1 Å². The van der Waals surface area contributed by atoms with Crippen LogP contribution in [0.25, 0.3) is 11.7 Å². The Morgan fingerprint density at radius 3 is 2.96 bits per heavy atom. The lowest BCUT2D eigenvalue weighted by atomic mass is 10.1. The fraction of sp³-hybridized carbons (Fsp3) is 0.278. The molecule has 0 radical (unpaired) electrons. The van der Waals surface area contributed by atoms with Crippen LogP contribution in [-0.4, -0.2) is 22.8 Å². The van der Waals surface area contributed by atoms with Crippen molar-refractivity contribution in [1.29, 1.82) is 0 Å². The highest BCUT2D eigenvalue weighted by Crippen LogP contribution is 2.26. The number of carbonyl (C=O) groups excluding carboxylic acids is 1. The number of aromatic nitrogens is 2. The third kappa shape index (κ3) is 3.55. The fourth-order valence-electron chi connectivity index (χ4n) is 2.78. The van der Waals surface area contributed by atoms with Crippen molar-refractivity contribution in [3.63, 3.8) is 0 Å². The fourth-order valence-corrected chi connectivity index (χ4v) is 2.78. The Bertz CT molecular complexity index is 869. The molecule has 1 aliphatic rings. The van der Waals surface area contributed by atoms with E-state index < -0.39 is 5.97 Å². The Morgan fingerprint density at radius 1 is 1.16 bits per heavy atom. The summed E-state index contributed by atoms with van der Waals surface area (Å²) < 4.78 is 21.1. The van der Waals surface area contributed by atoms with Crippen LogP contribution in [-0.2, 0) is 29.0 Å². The van der Waals surface area contributed by atoms with Crippen LogP contribution in [0.5, 0.6) is 5.75 Å². The van der Waals surface area contributed by atoms with Gasteiger partial charge in [-0.1, -0.05) is 6.07 Å². The molecule has 0 saturated carbocycles. The quantitative estimate of drug-likeness (QED) is 0.637. The predicted molar refractivity (Wildman–Crippen MR) is 85.8 cm³/mol. The summed E-state index contributed by atoms with van der Waals surface area (Å²) in [5, 5.41) is 7.64. The lowest BCUT2D eigenvalue weighted by Crippen LogP contribution is -2.15. The zero-order valence-corrected chi connectivity index (χ0v) is 13.4. The summed E-state index contributed by atoms with van der Waals surface area (Å²) in [5.41, 5.74) is 2.65. The molecule has 0 fully saturated rings. The molecule has 7 heteroatoms. The second kappa shape index (κ2) is 6.80. The molecule has 1 aromatic carbocycles. The zero-order valence-electron chi connectivity index (χ0n) is 13.4. The summed E-state index contributed by atoms with van der Waals surface area (Å²) in [6.07, 6.45) is 4.86. The van der Waals surface area contributed by atoms with E-state index >= 15 is 0 Å². The van der Waals surface area contributed by atoms with Crippen LogP contribution in [0.2, 0.25) is 0 Å². The number of esters is 1. The second-order valence-corrected chi connectivity index (χ2v) is 5.71. The van der Waals surface area contributed by atoms with Gasteiger partial charge in [-0.2, -0.15) is 0 Å². The van der Waals surface area contributed by atoms with Gasteiger partial charge in [0.2, 0.25) is 0 Å². The van der Waals surface area contributed by atoms with Crippen LogP contribution >= 0.6 is 0 Å². The smallest absolute Gasteiger partial charge is 0.344 e. The van der Waals surface area contributed by atoms with Gasteiger partial charge in [-0.25, -0.2) is 4.79 Å². The SMILES string of the molecule is O=C(COc1ccc2c(c1)CCC2)OCc1nnc(-c2ccco2)o1. The van der Waals surface area contributed by atoms with E-state index in [1.807, 2.05) is 12.1 Å². The molecule has 7 nitrogen and oxygen atoms in total. The molecule has 0 atom stereocenters. The molecule has 0 saturated heterocycles. The van der Waals surface area contributed by atoms with E-state index in [1.165, 1.54) is 23.8 Å². The van der Waals surface area contributed by atoms with Crippen molar-refractivity contribution in [2.75, 3.05) is 6.61 Å². The number of ether oxygens (including phenoxy) is 2. The average molecular weight is 340 g/mol. The van der Waals surface area contributed by atoms with Gasteiger partial charge in [0, 0.05) is 0 Å². The topological polar surface area (TPSA) is 87.6 Å². The van der Waals surface area contributed by atoms with Crippen molar-refractivity contribution in [3.05, 3.63) is 53.6 Å². The third-order valence-electron chi connectivity index (χ3n) is 3.98. The van der Waals surface area contributed by atoms with Crippen molar-refractivity contribution in [2.45, 2.75) is 25.9 Å². The van der Waals surface area contributed by atoms with E-state index in [2.05, 4.69) is 16.3 Å². The molecule has 0 unspecified atom stereocenters. The summed E-state index contributed by atoms with van der Waals surface area (Å²) in [5.74, 6) is 1.07. The highest BCUT2D eigenvalue weighted by molar-refractivity contribution is 5.71. The minimum Gasteiger partial charge on any atom is -0.482 e. The number of fused-ring (bicyclic) bond motifs is 1. The number of benzene rings is 1. The lowest BCUT2D eigenvalue weighted by Gasteiger charge is -2.07. The lowest BCUT2D eigenvalue weighted by molar-refractivity contribution is -0.148. The summed E-state index contributed by atoms with van der Waals surface area (Å²) in [6.45, 7) is -0.280. The highest BCUT2D eigenvalue weighted by atomic mass is 16.6. The van der Waals surface area contributed by atoms with Crippen molar-refractivity contribution < 1.29 is 23.1 Å². The van der Waals surface area contributed by atoms with Crippen molar-refractivity contribution in [1.82, 2.24) is 10.2 Å². The normalized spacial score (nSPS) is 12.8. The molecule has 0 aliphatic heterocycles. The Morgan fingerprint density at radius 2 is 2.08 bits per heavy atom. The minimum atomic E-state index is -0.502. The molecule has 4 rings (SSSR count). The largest absolute Gasteiger partial charge is 0.482 e. The monoisotopic (exact) mass is 340 g/mol. The first-order valence-electron chi connectivity index (χ1n) is 8.04. The number of hydrogen-bond acceptors (Lipinski definition) is 7. The molecule has 0 bridgehead atoms. The molecule has 0 amide bonds. The molecule has 25 heavy (non-hydrogen) atoms. The molecule has 2 heterocycles. The molecule has 128 valence electrons. The number of nitrogens with zero attached hydrogens (tertiary/aromatic N) is 2. The van der Waals surface area contributed by atoms with E-state index in [9.17, 15) is 4.79 Å². The first-order chi connectivity index (χ1) is 12.3. The molecular weight excluding hydrogens is 324 g/mol. The summed E-state index contributed by atoms with van der Waals surface area (Å²) in [7, 11) is 0. The summed E-state index contributed by atoms with van der Waals surface area (Å²) >= 11 is 0. The minimum absolute atomic E-state index is 0.111. The predicted octanol–water partition coefficient (Wildman–Crippen LogP) is 2.94. The molecule has 0 N–H and O–H groups in total. The summed E-state index contributed by atoms with van der Waals surface area (Å²) in [4.78, 5) is 11.8. The van der Waals surface area contributed by atoms with Gasteiger partial charge in [-0.05, 0) is 54.7 Å². The molecule has 0 spiro atoms. The number of aryl methyl sites for hydroxylation is 2. The Balaban J connectivity index is 1.27. The van der Waals surface area contributed by atoms with Gasteiger partial charge in [0.15, 0.2) is 19.0 Å². The Labute approximate surface area is 143 Å². The van der Waals surface area contributed by atoms with Gasteiger partial charge in [0.05, 0.1) is 6.26 Å². The number of furan rings is 1. The molecule has 3 aromatic rings. The van der Waals surface area contributed by atoms with Gasteiger partial charge in [-0.15, -0.1) is 10.2 Å². The molecular formula is C18H16N2O5. The summed E-state index contributed by atoms with van der Waals surface area (Å²) in [6, 6.07) is 9.34. The molecule has 2 aromatic heterocycles. The van der Waals surface area contributed by atoms with Crippen LogP contribution in [0.3, 0.4) is 0 Å². The number of hydrogen-bond donors (Lipinski definition) is 0. The second-order valence-electron chi connectivity index (χ2n) is 5.71. The Kier molecular flexibility index (Phi) is 4.20. The highest BCUT2D eigenvalue weighted by Gasteiger charge is 2.14. The maximum atomic E-state index is 11.8. The maximum absolute atomic E-state index is 11.8. The van der Waals surface area contributed by atoms with E-state index in [-0.39, 0.29) is 25.0 Å². The van der Waals surface area contributed by atoms with Crippen LogP contribution < -0.4 is 4.74 Å². The van der Waals surface area contributed by atoms with Gasteiger partial charge in [-0.3, -0.25) is 0 Å². The third-order valence-corrected chi connectivity index (χ3v) is 3.98. The van der Waals surface area contributed by atoms with Crippen LogP contribution in [0.15, 0.2) is 45.4 Å². The van der Waals surface area contributed by atoms with Crippen LogP contribution in [0, 0.1) is 0 Å². The Hall–Kier alpha value is -3.09. The van der Waals surface area contributed by atoms with Gasteiger partial charge < -0.3 is 18.3 Å². The van der Waals surface area contributed by atoms with Crippen LogP contribution in [0.4, 0.5) is 0 Å². The van der Waals surface area contributed by atoms with Gasteiger partial charge in [0.1, 0.15) is 5.75 Å². The van der Waals surface area contributed by atoms with E-state index in [0.29, 0.717) is 11.5 Å². The van der Waals surface area contributed by atoms with Crippen LogP contribution in [0.1, 0.15) is 23.4 Å².